The standard InChI is InChI=1S/C24H27FN4O3/c1-16-7-9-17(10-8-16)22-21(23(30)32-2)19(26-24(31)27-22)15-28-11-13-29(14-12-28)20-6-4-3-5-18(20)25/h3-10,22H,11-15H2,1-2H3,(H2,26,27,31)/t22-/m0/s1. The number of piperazine rings is 1. The predicted octanol–water partition coefficient (Wildman–Crippen LogP) is 2.74. The van der Waals surface area contributed by atoms with Crippen LogP contribution in [0.1, 0.15) is 17.2 Å². The molecule has 1 atom stereocenters. The lowest BCUT2D eigenvalue weighted by atomic mass is 9.94. The largest absolute Gasteiger partial charge is 0.466 e. The Morgan fingerprint density at radius 3 is 2.44 bits per heavy atom. The number of hydrogen-bond donors (Lipinski definition) is 2. The van der Waals surface area contributed by atoms with E-state index < -0.39 is 12.0 Å². The number of carbonyl (C=O) groups excluding carboxylic acids is 2. The summed E-state index contributed by atoms with van der Waals surface area (Å²) in [5.74, 6) is -0.716. The molecule has 0 aliphatic carbocycles. The van der Waals surface area contributed by atoms with Gasteiger partial charge in [-0.05, 0) is 24.6 Å². The molecule has 0 saturated carbocycles. The molecule has 2 aliphatic heterocycles. The van der Waals surface area contributed by atoms with Gasteiger partial charge in [0.05, 0.1) is 24.4 Å². The third-order valence-corrected chi connectivity index (χ3v) is 5.92. The van der Waals surface area contributed by atoms with Crippen molar-refractivity contribution in [3.05, 3.63) is 76.7 Å². The summed E-state index contributed by atoms with van der Waals surface area (Å²) >= 11 is 0. The van der Waals surface area contributed by atoms with Crippen LogP contribution in [-0.2, 0) is 9.53 Å². The van der Waals surface area contributed by atoms with Crippen molar-refractivity contribution < 1.29 is 18.7 Å². The zero-order valence-electron chi connectivity index (χ0n) is 18.2. The van der Waals surface area contributed by atoms with Gasteiger partial charge in [0.15, 0.2) is 0 Å². The van der Waals surface area contributed by atoms with Crippen molar-refractivity contribution in [1.29, 1.82) is 0 Å². The molecule has 2 aromatic rings. The predicted molar refractivity (Wildman–Crippen MR) is 120 cm³/mol. The van der Waals surface area contributed by atoms with Gasteiger partial charge in [0.1, 0.15) is 5.82 Å². The molecule has 8 heteroatoms. The highest BCUT2D eigenvalue weighted by molar-refractivity contribution is 5.95. The maximum Gasteiger partial charge on any atom is 0.338 e. The Morgan fingerprint density at radius 2 is 1.78 bits per heavy atom. The number of amides is 2. The maximum absolute atomic E-state index is 14.1. The molecule has 0 unspecified atom stereocenters. The SMILES string of the molecule is COC(=O)C1=C(CN2CCN(c3ccccc3F)CC2)NC(=O)N[C@H]1c1ccc(C)cc1. The van der Waals surface area contributed by atoms with Crippen LogP contribution in [0.15, 0.2) is 59.8 Å². The Kier molecular flexibility index (Phi) is 6.41. The van der Waals surface area contributed by atoms with Crippen LogP contribution < -0.4 is 15.5 Å². The fourth-order valence-electron chi connectivity index (χ4n) is 4.18. The number of halogens is 1. The van der Waals surface area contributed by atoms with E-state index >= 15 is 0 Å². The highest BCUT2D eigenvalue weighted by atomic mass is 19.1. The topological polar surface area (TPSA) is 73.9 Å². The van der Waals surface area contributed by atoms with E-state index in [0.717, 1.165) is 11.1 Å². The summed E-state index contributed by atoms with van der Waals surface area (Å²) in [6.07, 6.45) is 0. The number of hydrogen-bond acceptors (Lipinski definition) is 5. The van der Waals surface area contributed by atoms with Crippen LogP contribution in [0.25, 0.3) is 0 Å². The number of aryl methyl sites for hydroxylation is 1. The van der Waals surface area contributed by atoms with Gasteiger partial charge >= 0.3 is 12.0 Å². The Balaban J connectivity index is 1.55. The molecule has 2 heterocycles. The van der Waals surface area contributed by atoms with E-state index in [4.69, 9.17) is 4.74 Å². The lowest BCUT2D eigenvalue weighted by molar-refractivity contribution is -0.136. The summed E-state index contributed by atoms with van der Waals surface area (Å²) in [5.41, 5.74) is 3.42. The smallest absolute Gasteiger partial charge is 0.338 e. The Bertz CT molecular complexity index is 1030. The number of ether oxygens (including phenoxy) is 1. The van der Waals surface area contributed by atoms with E-state index in [2.05, 4.69) is 15.5 Å². The van der Waals surface area contributed by atoms with Crippen molar-refractivity contribution in [2.75, 3.05) is 44.7 Å². The molecule has 0 radical (unpaired) electrons. The van der Waals surface area contributed by atoms with Crippen LogP contribution in [0.2, 0.25) is 0 Å². The molecule has 32 heavy (non-hydrogen) atoms. The molecule has 2 amide bonds. The van der Waals surface area contributed by atoms with E-state index in [1.807, 2.05) is 42.2 Å². The van der Waals surface area contributed by atoms with Gasteiger partial charge in [0.2, 0.25) is 0 Å². The Hall–Kier alpha value is -3.39. The normalized spacial score (nSPS) is 19.4. The van der Waals surface area contributed by atoms with Gasteiger partial charge in [0.25, 0.3) is 0 Å². The Labute approximate surface area is 186 Å². The molecule has 168 valence electrons. The fraction of sp³-hybridized carbons (Fsp3) is 0.333. The molecule has 2 aliphatic rings. The van der Waals surface area contributed by atoms with Crippen LogP contribution in [0, 0.1) is 12.7 Å². The minimum absolute atomic E-state index is 0.233. The molecule has 1 fully saturated rings. The highest BCUT2D eigenvalue weighted by Crippen LogP contribution is 2.29. The number of anilines is 1. The van der Waals surface area contributed by atoms with E-state index in [1.54, 1.807) is 12.1 Å². The van der Waals surface area contributed by atoms with Crippen molar-refractivity contribution in [3.63, 3.8) is 0 Å². The zero-order chi connectivity index (χ0) is 22.7. The molecule has 0 bridgehead atoms. The lowest BCUT2D eigenvalue weighted by Crippen LogP contribution is -2.51. The van der Waals surface area contributed by atoms with Crippen molar-refractivity contribution in [2.45, 2.75) is 13.0 Å². The number of rotatable bonds is 5. The van der Waals surface area contributed by atoms with Crippen LogP contribution in [0.4, 0.5) is 14.9 Å². The summed E-state index contributed by atoms with van der Waals surface area (Å²) in [6.45, 7) is 5.01. The molecule has 2 aromatic carbocycles. The van der Waals surface area contributed by atoms with Gasteiger partial charge < -0.3 is 20.3 Å². The summed E-state index contributed by atoms with van der Waals surface area (Å²) in [6, 6.07) is 13.5. The van der Waals surface area contributed by atoms with Crippen molar-refractivity contribution in [2.24, 2.45) is 0 Å². The monoisotopic (exact) mass is 438 g/mol. The van der Waals surface area contributed by atoms with Crippen molar-refractivity contribution in [3.8, 4) is 0 Å². The first-order valence-corrected chi connectivity index (χ1v) is 10.6. The van der Waals surface area contributed by atoms with E-state index in [-0.39, 0.29) is 11.8 Å². The van der Waals surface area contributed by atoms with Crippen molar-refractivity contribution in [1.82, 2.24) is 15.5 Å². The molecule has 0 aromatic heterocycles. The van der Waals surface area contributed by atoms with E-state index in [0.29, 0.717) is 49.7 Å². The second-order valence-corrected chi connectivity index (χ2v) is 8.04. The lowest BCUT2D eigenvalue weighted by Gasteiger charge is -2.38. The van der Waals surface area contributed by atoms with Gasteiger partial charge in [-0.15, -0.1) is 0 Å². The Morgan fingerprint density at radius 1 is 1.09 bits per heavy atom. The highest BCUT2D eigenvalue weighted by Gasteiger charge is 2.34. The summed E-state index contributed by atoms with van der Waals surface area (Å²) in [7, 11) is 1.34. The zero-order valence-corrected chi connectivity index (χ0v) is 18.2. The number of nitrogens with zero attached hydrogens (tertiary/aromatic N) is 2. The van der Waals surface area contributed by atoms with Gasteiger partial charge in [-0.3, -0.25) is 4.90 Å². The van der Waals surface area contributed by atoms with Gasteiger partial charge in [-0.25, -0.2) is 14.0 Å². The minimum atomic E-state index is -0.591. The number of carbonyl (C=O) groups is 2. The number of benzene rings is 2. The third kappa shape index (κ3) is 4.60. The first-order valence-electron chi connectivity index (χ1n) is 10.6. The number of para-hydroxylation sites is 1. The number of nitrogens with one attached hydrogen (secondary N) is 2. The second-order valence-electron chi connectivity index (χ2n) is 8.04. The molecule has 4 rings (SSSR count). The van der Waals surface area contributed by atoms with E-state index in [1.165, 1.54) is 13.2 Å². The molecular formula is C24H27FN4O3. The van der Waals surface area contributed by atoms with Crippen LogP contribution >= 0.6 is 0 Å². The fourth-order valence-corrected chi connectivity index (χ4v) is 4.18. The second kappa shape index (κ2) is 9.40. The first-order chi connectivity index (χ1) is 15.5. The molecule has 0 spiro atoms. The average molecular weight is 439 g/mol. The maximum atomic E-state index is 14.1. The number of esters is 1. The molecular weight excluding hydrogens is 411 g/mol. The third-order valence-electron chi connectivity index (χ3n) is 5.92. The van der Waals surface area contributed by atoms with Gasteiger partial charge in [-0.1, -0.05) is 42.0 Å². The van der Waals surface area contributed by atoms with Crippen LogP contribution in [0.5, 0.6) is 0 Å². The number of urea groups is 1. The van der Waals surface area contributed by atoms with Crippen LogP contribution in [-0.4, -0.2) is 56.7 Å². The molecule has 7 nitrogen and oxygen atoms in total. The summed E-state index contributed by atoms with van der Waals surface area (Å²) < 4.78 is 19.2. The number of methoxy groups -OCH3 is 1. The summed E-state index contributed by atoms with van der Waals surface area (Å²) in [5, 5.41) is 5.65. The van der Waals surface area contributed by atoms with E-state index in [9.17, 15) is 14.0 Å². The first kappa shape index (κ1) is 21.8. The summed E-state index contributed by atoms with van der Waals surface area (Å²) in [4.78, 5) is 29.3. The average Bonchev–Trinajstić information content (AvgIpc) is 2.80. The van der Waals surface area contributed by atoms with Crippen molar-refractivity contribution >= 4 is 17.7 Å². The van der Waals surface area contributed by atoms with Gasteiger partial charge in [-0.2, -0.15) is 0 Å². The van der Waals surface area contributed by atoms with Crippen LogP contribution in [0.3, 0.4) is 0 Å². The molecule has 1 saturated heterocycles. The minimum Gasteiger partial charge on any atom is -0.466 e. The molecule has 2 N–H and O–H groups in total. The quantitative estimate of drug-likeness (QED) is 0.703. The van der Waals surface area contributed by atoms with Gasteiger partial charge in [0, 0.05) is 38.4 Å².